The Morgan fingerprint density at radius 1 is 1.35 bits per heavy atom. The van der Waals surface area contributed by atoms with Gasteiger partial charge in [0.2, 0.25) is 10.0 Å². The van der Waals surface area contributed by atoms with E-state index in [9.17, 15) is 8.42 Å². The molecule has 1 N–H and O–H groups in total. The van der Waals surface area contributed by atoms with Crippen molar-refractivity contribution in [3.8, 4) is 0 Å². The molecule has 1 aromatic rings. The molecule has 96 valence electrons. The molecule has 2 rings (SSSR count). The maximum atomic E-state index is 12.1. The highest BCUT2D eigenvalue weighted by Crippen LogP contribution is 2.15. The van der Waals surface area contributed by atoms with Crippen LogP contribution in [0.1, 0.15) is 0 Å². The molecule has 0 aromatic carbocycles. The Morgan fingerprint density at radius 3 is 2.59 bits per heavy atom. The SMILES string of the molecule is O=S(=O)(c1cn[nH]c1)N1CCN(CCCl)CC1. The predicted octanol–water partition coefficient (Wildman–Crippen LogP) is -0.0452. The molecule has 6 nitrogen and oxygen atoms in total. The number of hydrogen-bond acceptors (Lipinski definition) is 4. The van der Waals surface area contributed by atoms with Crippen LogP contribution in [0.15, 0.2) is 17.3 Å². The van der Waals surface area contributed by atoms with Crippen molar-refractivity contribution in [1.29, 1.82) is 0 Å². The van der Waals surface area contributed by atoms with E-state index in [1.54, 1.807) is 0 Å². The van der Waals surface area contributed by atoms with Crippen LogP contribution in [-0.2, 0) is 10.0 Å². The van der Waals surface area contributed by atoms with E-state index in [0.717, 1.165) is 19.6 Å². The average Bonchev–Trinajstić information content (AvgIpc) is 2.84. The molecule has 1 fully saturated rings. The van der Waals surface area contributed by atoms with Crippen molar-refractivity contribution in [3.63, 3.8) is 0 Å². The number of aromatic nitrogens is 2. The molecule has 1 aliphatic rings. The summed E-state index contributed by atoms with van der Waals surface area (Å²) in [5.41, 5.74) is 0. The Balaban J connectivity index is 2.01. The van der Waals surface area contributed by atoms with Gasteiger partial charge < -0.3 is 0 Å². The second kappa shape index (κ2) is 5.34. The number of nitrogens with zero attached hydrogens (tertiary/aromatic N) is 3. The molecule has 0 amide bonds. The summed E-state index contributed by atoms with van der Waals surface area (Å²) in [4.78, 5) is 2.39. The summed E-state index contributed by atoms with van der Waals surface area (Å²) in [6.07, 6.45) is 2.74. The van der Waals surface area contributed by atoms with Crippen molar-refractivity contribution in [1.82, 2.24) is 19.4 Å². The Labute approximate surface area is 106 Å². The molecule has 0 atom stereocenters. The molecule has 0 radical (unpaired) electrons. The minimum absolute atomic E-state index is 0.225. The lowest BCUT2D eigenvalue weighted by molar-refractivity contribution is 0.197. The quantitative estimate of drug-likeness (QED) is 0.785. The first-order valence-corrected chi connectivity index (χ1v) is 7.39. The van der Waals surface area contributed by atoms with Crippen LogP contribution >= 0.6 is 11.6 Å². The van der Waals surface area contributed by atoms with E-state index >= 15 is 0 Å². The number of sulfonamides is 1. The van der Waals surface area contributed by atoms with E-state index < -0.39 is 10.0 Å². The Hall–Kier alpha value is -0.630. The van der Waals surface area contributed by atoms with E-state index in [-0.39, 0.29) is 4.90 Å². The van der Waals surface area contributed by atoms with Crippen molar-refractivity contribution in [2.75, 3.05) is 38.6 Å². The third-order valence-corrected chi connectivity index (χ3v) is 4.88. The normalized spacial score (nSPS) is 19.6. The third kappa shape index (κ3) is 2.79. The number of hydrogen-bond donors (Lipinski definition) is 1. The summed E-state index contributed by atoms with van der Waals surface area (Å²) in [5.74, 6) is 0.578. The van der Waals surface area contributed by atoms with Gasteiger partial charge in [-0.3, -0.25) is 10.00 Å². The molecule has 0 aliphatic carbocycles. The molecular formula is C9H15ClN4O2S. The van der Waals surface area contributed by atoms with Gasteiger partial charge in [-0.2, -0.15) is 9.40 Å². The van der Waals surface area contributed by atoms with Crippen LogP contribution < -0.4 is 0 Å². The van der Waals surface area contributed by atoms with Crippen molar-refractivity contribution in [2.45, 2.75) is 4.90 Å². The maximum Gasteiger partial charge on any atom is 0.246 e. The predicted molar refractivity (Wildman–Crippen MR) is 64.5 cm³/mol. The van der Waals surface area contributed by atoms with Crippen molar-refractivity contribution in [2.24, 2.45) is 0 Å². The van der Waals surface area contributed by atoms with E-state index in [2.05, 4.69) is 15.1 Å². The average molecular weight is 279 g/mol. The number of nitrogens with one attached hydrogen (secondary N) is 1. The molecular weight excluding hydrogens is 264 g/mol. The molecule has 0 saturated carbocycles. The minimum Gasteiger partial charge on any atom is -0.300 e. The summed E-state index contributed by atoms with van der Waals surface area (Å²) < 4.78 is 25.8. The standard InChI is InChI=1S/C9H15ClN4O2S/c10-1-2-13-3-5-14(6-4-13)17(15,16)9-7-11-12-8-9/h7-8H,1-6H2,(H,11,12). The third-order valence-electron chi connectivity index (χ3n) is 2.84. The highest BCUT2D eigenvalue weighted by molar-refractivity contribution is 7.89. The number of alkyl halides is 1. The zero-order valence-corrected chi connectivity index (χ0v) is 10.9. The summed E-state index contributed by atoms with van der Waals surface area (Å²) in [6, 6.07) is 0. The summed E-state index contributed by atoms with van der Waals surface area (Å²) in [5, 5.41) is 6.19. The summed E-state index contributed by atoms with van der Waals surface area (Å²) in [7, 11) is -3.38. The fourth-order valence-electron chi connectivity index (χ4n) is 1.84. The van der Waals surface area contributed by atoms with Crippen molar-refractivity contribution in [3.05, 3.63) is 12.4 Å². The first kappa shape index (κ1) is 12.8. The minimum atomic E-state index is -3.38. The monoisotopic (exact) mass is 278 g/mol. The number of aromatic amines is 1. The van der Waals surface area contributed by atoms with Crippen LogP contribution in [0.3, 0.4) is 0 Å². The molecule has 2 heterocycles. The van der Waals surface area contributed by atoms with Gasteiger partial charge >= 0.3 is 0 Å². The zero-order valence-electron chi connectivity index (χ0n) is 9.34. The first-order chi connectivity index (χ1) is 8.14. The summed E-state index contributed by atoms with van der Waals surface area (Å²) >= 11 is 5.66. The first-order valence-electron chi connectivity index (χ1n) is 5.42. The highest BCUT2D eigenvalue weighted by atomic mass is 35.5. The highest BCUT2D eigenvalue weighted by Gasteiger charge is 2.28. The van der Waals surface area contributed by atoms with Gasteiger partial charge in [0.05, 0.1) is 6.20 Å². The van der Waals surface area contributed by atoms with Crippen LogP contribution in [-0.4, -0.2) is 66.4 Å². The van der Waals surface area contributed by atoms with Gasteiger partial charge in [-0.1, -0.05) is 0 Å². The fourth-order valence-corrected chi connectivity index (χ4v) is 3.41. The smallest absolute Gasteiger partial charge is 0.246 e. The number of rotatable bonds is 4. The zero-order chi connectivity index (χ0) is 12.3. The maximum absolute atomic E-state index is 12.1. The lowest BCUT2D eigenvalue weighted by Gasteiger charge is -2.33. The Morgan fingerprint density at radius 2 is 2.06 bits per heavy atom. The molecule has 0 unspecified atom stereocenters. The van der Waals surface area contributed by atoms with E-state index in [0.29, 0.717) is 19.0 Å². The molecule has 1 aliphatic heterocycles. The molecule has 8 heteroatoms. The van der Waals surface area contributed by atoms with Gasteiger partial charge in [0.15, 0.2) is 0 Å². The van der Waals surface area contributed by atoms with Crippen LogP contribution in [0.4, 0.5) is 0 Å². The van der Waals surface area contributed by atoms with E-state index in [4.69, 9.17) is 11.6 Å². The molecule has 1 saturated heterocycles. The fraction of sp³-hybridized carbons (Fsp3) is 0.667. The van der Waals surface area contributed by atoms with Gasteiger partial charge in [-0.05, 0) is 0 Å². The van der Waals surface area contributed by atoms with Crippen molar-refractivity contribution >= 4 is 21.6 Å². The van der Waals surface area contributed by atoms with Gasteiger partial charge in [0.25, 0.3) is 0 Å². The molecule has 17 heavy (non-hydrogen) atoms. The summed E-state index contributed by atoms with van der Waals surface area (Å²) in [6.45, 7) is 3.27. The number of H-pyrrole nitrogens is 1. The largest absolute Gasteiger partial charge is 0.300 e. The van der Waals surface area contributed by atoms with Gasteiger partial charge in [0.1, 0.15) is 4.90 Å². The van der Waals surface area contributed by atoms with Gasteiger partial charge in [0, 0.05) is 44.8 Å². The van der Waals surface area contributed by atoms with E-state index in [1.165, 1.54) is 16.7 Å². The van der Waals surface area contributed by atoms with Crippen LogP contribution in [0.5, 0.6) is 0 Å². The molecule has 0 spiro atoms. The lowest BCUT2D eigenvalue weighted by atomic mass is 10.4. The van der Waals surface area contributed by atoms with Crippen LogP contribution in [0, 0.1) is 0 Å². The van der Waals surface area contributed by atoms with Gasteiger partial charge in [-0.25, -0.2) is 8.42 Å². The Bertz CT molecular complexity index is 440. The van der Waals surface area contributed by atoms with E-state index in [1.807, 2.05) is 0 Å². The van der Waals surface area contributed by atoms with Crippen molar-refractivity contribution < 1.29 is 8.42 Å². The number of halogens is 1. The number of piperazine rings is 1. The molecule has 1 aromatic heterocycles. The van der Waals surface area contributed by atoms with Gasteiger partial charge in [-0.15, -0.1) is 11.6 Å². The van der Waals surface area contributed by atoms with Crippen LogP contribution in [0.2, 0.25) is 0 Å². The topological polar surface area (TPSA) is 69.3 Å². The molecule has 0 bridgehead atoms. The lowest BCUT2D eigenvalue weighted by Crippen LogP contribution is -2.48. The Kier molecular flexibility index (Phi) is 4.03. The second-order valence-electron chi connectivity index (χ2n) is 3.87. The van der Waals surface area contributed by atoms with Crippen LogP contribution in [0.25, 0.3) is 0 Å². The second-order valence-corrected chi connectivity index (χ2v) is 6.18.